The van der Waals surface area contributed by atoms with Crippen molar-refractivity contribution in [3.63, 3.8) is 0 Å². The number of aromatic nitrogens is 1. The van der Waals surface area contributed by atoms with Gasteiger partial charge < -0.3 is 11.1 Å². The van der Waals surface area contributed by atoms with Gasteiger partial charge >= 0.3 is 0 Å². The standard InChI is InChI=1S/C12H9ClFN3S/c13-8-4-9(14)6-10(5-8)17-11-3-7(12(15)18)1-2-16-11/h1-6H,(H2,15,18)(H,16,17). The van der Waals surface area contributed by atoms with Gasteiger partial charge in [-0.1, -0.05) is 23.8 Å². The van der Waals surface area contributed by atoms with Crippen LogP contribution in [0.25, 0.3) is 0 Å². The molecule has 0 radical (unpaired) electrons. The first-order chi connectivity index (χ1) is 8.54. The molecule has 0 spiro atoms. The van der Waals surface area contributed by atoms with Crippen LogP contribution in [0.2, 0.25) is 5.02 Å². The van der Waals surface area contributed by atoms with Crippen LogP contribution >= 0.6 is 23.8 Å². The molecule has 0 amide bonds. The molecule has 0 fully saturated rings. The van der Waals surface area contributed by atoms with E-state index >= 15 is 0 Å². The molecule has 0 aliphatic heterocycles. The molecule has 1 aromatic heterocycles. The highest BCUT2D eigenvalue weighted by molar-refractivity contribution is 7.80. The Morgan fingerprint density at radius 3 is 2.78 bits per heavy atom. The van der Waals surface area contributed by atoms with Crippen molar-refractivity contribution in [3.05, 3.63) is 52.9 Å². The number of nitrogens with one attached hydrogen (secondary N) is 1. The third-order valence-corrected chi connectivity index (χ3v) is 2.63. The normalized spacial score (nSPS) is 10.1. The molecule has 3 N–H and O–H groups in total. The van der Waals surface area contributed by atoms with E-state index in [9.17, 15) is 4.39 Å². The maximum atomic E-state index is 13.2. The van der Waals surface area contributed by atoms with Crippen molar-refractivity contribution in [1.82, 2.24) is 4.98 Å². The first-order valence-electron chi connectivity index (χ1n) is 5.03. The Bertz CT molecular complexity index is 583. The highest BCUT2D eigenvalue weighted by atomic mass is 35.5. The number of nitrogens with zero attached hydrogens (tertiary/aromatic N) is 1. The Hall–Kier alpha value is -1.72. The van der Waals surface area contributed by atoms with Gasteiger partial charge in [-0.2, -0.15) is 0 Å². The predicted molar refractivity (Wildman–Crippen MR) is 74.8 cm³/mol. The molecular formula is C12H9ClFN3S. The lowest BCUT2D eigenvalue weighted by atomic mass is 10.2. The molecule has 0 aliphatic rings. The van der Waals surface area contributed by atoms with Gasteiger partial charge in [-0.15, -0.1) is 0 Å². The zero-order chi connectivity index (χ0) is 13.1. The number of thiocarbonyl (C=S) groups is 1. The van der Waals surface area contributed by atoms with E-state index in [1.165, 1.54) is 12.1 Å². The van der Waals surface area contributed by atoms with Gasteiger partial charge in [-0.3, -0.25) is 0 Å². The number of hydrogen-bond donors (Lipinski definition) is 2. The summed E-state index contributed by atoms with van der Waals surface area (Å²) >= 11 is 10.6. The quantitative estimate of drug-likeness (QED) is 0.848. The topological polar surface area (TPSA) is 50.9 Å². The number of hydrogen-bond acceptors (Lipinski definition) is 3. The second-order valence-corrected chi connectivity index (χ2v) is 4.45. The maximum Gasteiger partial charge on any atom is 0.130 e. The molecular weight excluding hydrogens is 273 g/mol. The van der Waals surface area contributed by atoms with Crippen LogP contribution in [-0.4, -0.2) is 9.97 Å². The summed E-state index contributed by atoms with van der Waals surface area (Å²) in [5, 5.41) is 3.24. The summed E-state index contributed by atoms with van der Waals surface area (Å²) in [5.41, 5.74) is 6.71. The number of benzene rings is 1. The predicted octanol–water partition coefficient (Wildman–Crippen LogP) is 3.25. The van der Waals surface area contributed by atoms with Crippen LogP contribution in [0.4, 0.5) is 15.9 Å². The number of anilines is 2. The van der Waals surface area contributed by atoms with Crippen molar-refractivity contribution in [2.45, 2.75) is 0 Å². The minimum Gasteiger partial charge on any atom is -0.389 e. The molecule has 0 unspecified atom stereocenters. The van der Waals surface area contributed by atoms with Gasteiger partial charge in [-0.25, -0.2) is 9.37 Å². The van der Waals surface area contributed by atoms with E-state index in [1.54, 1.807) is 24.4 Å². The van der Waals surface area contributed by atoms with Crippen LogP contribution in [0.1, 0.15) is 5.56 Å². The fourth-order valence-electron chi connectivity index (χ4n) is 1.43. The van der Waals surface area contributed by atoms with Crippen molar-refractivity contribution in [2.24, 2.45) is 5.73 Å². The first kappa shape index (κ1) is 12.7. The lowest BCUT2D eigenvalue weighted by molar-refractivity contribution is 0.628. The van der Waals surface area contributed by atoms with Crippen LogP contribution in [0.5, 0.6) is 0 Å². The molecule has 18 heavy (non-hydrogen) atoms. The third-order valence-electron chi connectivity index (χ3n) is 2.18. The summed E-state index contributed by atoms with van der Waals surface area (Å²) in [4.78, 5) is 4.36. The fourth-order valence-corrected chi connectivity index (χ4v) is 1.77. The van der Waals surface area contributed by atoms with Gasteiger partial charge in [0.25, 0.3) is 0 Å². The first-order valence-corrected chi connectivity index (χ1v) is 5.82. The number of rotatable bonds is 3. The van der Waals surface area contributed by atoms with Gasteiger partial charge in [-0.05, 0) is 30.3 Å². The molecule has 92 valence electrons. The van der Waals surface area contributed by atoms with E-state index in [2.05, 4.69) is 10.3 Å². The van der Waals surface area contributed by atoms with E-state index < -0.39 is 5.82 Å². The highest BCUT2D eigenvalue weighted by Crippen LogP contribution is 2.21. The second-order valence-electron chi connectivity index (χ2n) is 3.58. The summed E-state index contributed by atoms with van der Waals surface area (Å²) in [6.07, 6.45) is 1.57. The summed E-state index contributed by atoms with van der Waals surface area (Å²) in [6.45, 7) is 0. The maximum absolute atomic E-state index is 13.2. The van der Waals surface area contributed by atoms with Gasteiger partial charge in [0.1, 0.15) is 16.6 Å². The zero-order valence-electron chi connectivity index (χ0n) is 9.15. The molecule has 6 heteroatoms. The highest BCUT2D eigenvalue weighted by Gasteiger charge is 2.03. The Balaban J connectivity index is 2.28. The van der Waals surface area contributed by atoms with Gasteiger partial charge in [0.15, 0.2) is 0 Å². The number of halogens is 2. The lowest BCUT2D eigenvalue weighted by Crippen LogP contribution is -2.09. The van der Waals surface area contributed by atoms with Gasteiger partial charge in [0.2, 0.25) is 0 Å². The molecule has 1 aromatic carbocycles. The van der Waals surface area contributed by atoms with Crippen LogP contribution in [0, 0.1) is 5.82 Å². The molecule has 0 aliphatic carbocycles. The van der Waals surface area contributed by atoms with Crippen molar-refractivity contribution in [1.29, 1.82) is 0 Å². The Morgan fingerprint density at radius 1 is 1.33 bits per heavy atom. The minimum absolute atomic E-state index is 0.276. The molecule has 0 atom stereocenters. The van der Waals surface area contributed by atoms with Crippen molar-refractivity contribution >= 4 is 40.3 Å². The molecule has 0 bridgehead atoms. The second kappa shape index (κ2) is 5.29. The van der Waals surface area contributed by atoms with Crippen LogP contribution in [-0.2, 0) is 0 Å². The van der Waals surface area contributed by atoms with Gasteiger partial charge in [0.05, 0.1) is 0 Å². The van der Waals surface area contributed by atoms with E-state index in [1.807, 2.05) is 0 Å². The number of nitrogens with two attached hydrogens (primary N) is 1. The van der Waals surface area contributed by atoms with Crippen molar-refractivity contribution in [2.75, 3.05) is 5.32 Å². The molecule has 0 saturated heterocycles. The fraction of sp³-hybridized carbons (Fsp3) is 0. The van der Waals surface area contributed by atoms with Crippen LogP contribution < -0.4 is 11.1 Å². The average Bonchev–Trinajstić information content (AvgIpc) is 2.27. The smallest absolute Gasteiger partial charge is 0.130 e. The summed E-state index contributed by atoms with van der Waals surface area (Å²) in [6, 6.07) is 7.53. The van der Waals surface area contributed by atoms with Crippen molar-refractivity contribution in [3.8, 4) is 0 Å². The summed E-state index contributed by atoms with van der Waals surface area (Å²) in [7, 11) is 0. The van der Waals surface area contributed by atoms with Crippen molar-refractivity contribution < 1.29 is 4.39 Å². The van der Waals surface area contributed by atoms with Gasteiger partial charge in [0, 0.05) is 22.5 Å². The lowest BCUT2D eigenvalue weighted by Gasteiger charge is -2.07. The molecule has 2 aromatic rings. The molecule has 3 nitrogen and oxygen atoms in total. The SMILES string of the molecule is NC(=S)c1ccnc(Nc2cc(F)cc(Cl)c2)c1. The van der Waals surface area contributed by atoms with E-state index in [-0.39, 0.29) is 4.99 Å². The molecule has 2 rings (SSSR count). The molecule has 0 saturated carbocycles. The van der Waals surface area contributed by atoms with E-state index in [4.69, 9.17) is 29.6 Å². The molecule has 1 heterocycles. The third kappa shape index (κ3) is 3.15. The van der Waals surface area contributed by atoms with Crippen LogP contribution in [0.15, 0.2) is 36.5 Å². The Kier molecular flexibility index (Phi) is 3.74. The largest absolute Gasteiger partial charge is 0.389 e. The average molecular weight is 282 g/mol. The van der Waals surface area contributed by atoms with E-state index in [0.717, 1.165) is 0 Å². The number of pyridine rings is 1. The Labute approximate surface area is 114 Å². The minimum atomic E-state index is -0.421. The zero-order valence-corrected chi connectivity index (χ0v) is 10.7. The van der Waals surface area contributed by atoms with E-state index in [0.29, 0.717) is 22.1 Å². The Morgan fingerprint density at radius 2 is 2.11 bits per heavy atom. The summed E-state index contributed by atoms with van der Waals surface area (Å²) < 4.78 is 13.2. The summed E-state index contributed by atoms with van der Waals surface area (Å²) in [5.74, 6) is 0.0949. The monoisotopic (exact) mass is 281 g/mol. The van der Waals surface area contributed by atoms with Crippen LogP contribution in [0.3, 0.4) is 0 Å².